The number of benzene rings is 3. The van der Waals surface area contributed by atoms with Gasteiger partial charge in [-0.1, -0.05) is 35.9 Å². The lowest BCUT2D eigenvalue weighted by atomic mass is 10.2. The zero-order valence-corrected chi connectivity index (χ0v) is 20.5. The Kier molecular flexibility index (Phi) is 5.54. The van der Waals surface area contributed by atoms with Gasteiger partial charge in [-0.05, 0) is 67.9 Å². The average Bonchev–Trinajstić information content (AvgIpc) is 3.17. The number of aromatic nitrogens is 2. The Morgan fingerprint density at radius 2 is 1.71 bits per heavy atom. The van der Waals surface area contributed by atoms with Crippen molar-refractivity contribution in [2.75, 3.05) is 12.1 Å². The van der Waals surface area contributed by atoms with Crippen LogP contribution in [0.3, 0.4) is 0 Å². The summed E-state index contributed by atoms with van der Waals surface area (Å²) in [6, 6.07) is 21.0. The van der Waals surface area contributed by atoms with Crippen molar-refractivity contribution in [3.8, 4) is 5.69 Å². The van der Waals surface area contributed by atoms with Gasteiger partial charge in [0.2, 0.25) is 0 Å². The van der Waals surface area contributed by atoms with E-state index in [9.17, 15) is 8.96 Å². The fourth-order valence-electron chi connectivity index (χ4n) is 3.99. The van der Waals surface area contributed by atoms with Gasteiger partial charge in [-0.25, -0.2) is 14.1 Å². The second-order valence-corrected chi connectivity index (χ2v) is 11.0. The van der Waals surface area contributed by atoms with Crippen LogP contribution in [0.2, 0.25) is 5.02 Å². The summed E-state index contributed by atoms with van der Waals surface area (Å²) in [5, 5.41) is 9.01. The largest absolute Gasteiger partial charge is 0.317 e. The van der Waals surface area contributed by atoms with Crippen LogP contribution in [0.15, 0.2) is 77.8 Å². The summed E-state index contributed by atoms with van der Waals surface area (Å²) in [6.07, 6.45) is 0. The van der Waals surface area contributed by atoms with Gasteiger partial charge in [-0.15, -0.1) is 0 Å². The van der Waals surface area contributed by atoms with Gasteiger partial charge in [0.1, 0.15) is 17.0 Å². The zero-order valence-electron chi connectivity index (χ0n) is 18.8. The van der Waals surface area contributed by atoms with Crippen molar-refractivity contribution in [3.63, 3.8) is 0 Å². The SMILES string of the molecule is Cc1ccc(N[P@]2(=O)c3c(C)nn(-c4ccccc4)c3N=C(c3ccc(F)cc3)N2C)cc1Cl. The molecule has 1 aliphatic rings. The summed E-state index contributed by atoms with van der Waals surface area (Å²) in [4.78, 5) is 4.87. The highest BCUT2D eigenvalue weighted by molar-refractivity contribution is 7.72. The van der Waals surface area contributed by atoms with Crippen molar-refractivity contribution in [3.05, 3.63) is 100 Å². The fourth-order valence-corrected chi connectivity index (χ4v) is 6.54. The Morgan fingerprint density at radius 3 is 2.38 bits per heavy atom. The third kappa shape index (κ3) is 3.71. The van der Waals surface area contributed by atoms with Crippen molar-refractivity contribution in [1.82, 2.24) is 14.5 Å². The number of amidine groups is 1. The first kappa shape index (κ1) is 22.4. The molecule has 0 aliphatic carbocycles. The summed E-state index contributed by atoms with van der Waals surface area (Å²) < 4.78 is 31.8. The molecule has 0 unspecified atom stereocenters. The highest BCUT2D eigenvalue weighted by Gasteiger charge is 2.43. The standard InChI is InChI=1S/C25H22ClFN5OP/c1-16-9-14-20(15-22(16)26)30-34(33)23-17(2)29-32(21-7-5-4-6-8-21)25(23)28-24(31(34)3)18-10-12-19(27)13-11-18/h4-15H,1-3H3,(H,30,33)/t34-/m1/s1. The highest BCUT2D eigenvalue weighted by atomic mass is 35.5. The molecule has 0 saturated carbocycles. The van der Waals surface area contributed by atoms with Gasteiger partial charge in [-0.2, -0.15) is 5.10 Å². The molecular formula is C25H22ClFN5OP. The Morgan fingerprint density at radius 1 is 1.00 bits per heavy atom. The van der Waals surface area contributed by atoms with Crippen molar-refractivity contribution >= 4 is 41.7 Å². The van der Waals surface area contributed by atoms with Crippen molar-refractivity contribution < 1.29 is 8.96 Å². The van der Waals surface area contributed by atoms with E-state index < -0.39 is 7.44 Å². The Bertz CT molecular complexity index is 1470. The van der Waals surface area contributed by atoms with Crippen LogP contribution in [0.25, 0.3) is 5.69 Å². The van der Waals surface area contributed by atoms with Gasteiger partial charge in [0, 0.05) is 23.3 Å². The predicted molar refractivity (Wildman–Crippen MR) is 136 cm³/mol. The van der Waals surface area contributed by atoms with Gasteiger partial charge >= 0.3 is 0 Å². The molecule has 0 radical (unpaired) electrons. The molecule has 34 heavy (non-hydrogen) atoms. The molecule has 3 aromatic carbocycles. The Hall–Kier alpha value is -3.41. The number of hydrogen-bond acceptors (Lipinski definition) is 3. The van der Waals surface area contributed by atoms with Gasteiger partial charge in [0.05, 0.1) is 11.4 Å². The first-order valence-electron chi connectivity index (χ1n) is 10.7. The van der Waals surface area contributed by atoms with E-state index in [0.29, 0.717) is 38.9 Å². The number of nitrogens with zero attached hydrogens (tertiary/aromatic N) is 4. The van der Waals surface area contributed by atoms with Crippen LogP contribution in [-0.4, -0.2) is 27.3 Å². The summed E-state index contributed by atoms with van der Waals surface area (Å²) in [5.41, 5.74) is 3.57. The molecule has 1 aliphatic heterocycles. The maximum atomic E-state index is 14.8. The number of fused-ring (bicyclic) bond motifs is 1. The van der Waals surface area contributed by atoms with Crippen LogP contribution in [0.4, 0.5) is 15.9 Å². The van der Waals surface area contributed by atoms with Crippen LogP contribution < -0.4 is 10.4 Å². The normalized spacial score (nSPS) is 17.3. The molecule has 0 saturated heterocycles. The van der Waals surface area contributed by atoms with Gasteiger partial charge in [-0.3, -0.25) is 9.24 Å². The molecule has 9 heteroatoms. The smallest absolute Gasteiger partial charge is 0.296 e. The van der Waals surface area contributed by atoms with Crippen molar-refractivity contribution in [1.29, 1.82) is 0 Å². The average molecular weight is 494 g/mol. The molecule has 5 rings (SSSR count). The van der Waals surface area contributed by atoms with Crippen LogP contribution in [-0.2, 0) is 4.57 Å². The number of hydrogen-bond donors (Lipinski definition) is 1. The first-order valence-corrected chi connectivity index (χ1v) is 12.7. The topological polar surface area (TPSA) is 62.5 Å². The highest BCUT2D eigenvalue weighted by Crippen LogP contribution is 2.54. The summed E-state index contributed by atoms with van der Waals surface area (Å²) in [6.45, 7) is 3.73. The molecule has 172 valence electrons. The minimum absolute atomic E-state index is 0.357. The second kappa shape index (κ2) is 8.42. The van der Waals surface area contributed by atoms with E-state index in [1.165, 1.54) is 12.1 Å². The number of anilines is 1. The molecule has 0 fully saturated rings. The molecule has 0 bridgehead atoms. The van der Waals surface area contributed by atoms with Crippen LogP contribution in [0, 0.1) is 19.7 Å². The monoisotopic (exact) mass is 493 g/mol. The van der Waals surface area contributed by atoms with E-state index in [4.69, 9.17) is 21.7 Å². The quantitative estimate of drug-likeness (QED) is 0.342. The number of aliphatic imine (C=N–C) groups is 1. The molecule has 6 nitrogen and oxygen atoms in total. The van der Waals surface area contributed by atoms with Crippen molar-refractivity contribution in [2.45, 2.75) is 13.8 Å². The van der Waals surface area contributed by atoms with E-state index in [2.05, 4.69) is 5.09 Å². The number of nitrogens with one attached hydrogen (secondary N) is 1. The molecule has 4 aromatic rings. The minimum Gasteiger partial charge on any atom is -0.317 e. The van der Waals surface area contributed by atoms with Gasteiger partial charge in [0.15, 0.2) is 5.82 Å². The van der Waals surface area contributed by atoms with Crippen LogP contribution >= 0.6 is 19.0 Å². The zero-order chi connectivity index (χ0) is 24.0. The summed E-state index contributed by atoms with van der Waals surface area (Å²) in [5.74, 6) is 0.554. The van der Waals surface area contributed by atoms with E-state index in [1.807, 2.05) is 56.3 Å². The van der Waals surface area contributed by atoms with E-state index in [1.54, 1.807) is 34.6 Å². The molecule has 1 aromatic heterocycles. The first-order chi connectivity index (χ1) is 16.3. The molecular weight excluding hydrogens is 472 g/mol. The Balaban J connectivity index is 1.74. The molecule has 1 atom stereocenters. The van der Waals surface area contributed by atoms with E-state index in [-0.39, 0.29) is 5.82 Å². The molecule has 0 spiro atoms. The second-order valence-electron chi connectivity index (χ2n) is 8.12. The lowest BCUT2D eigenvalue weighted by Gasteiger charge is -2.35. The number of rotatable bonds is 4. The maximum absolute atomic E-state index is 14.8. The van der Waals surface area contributed by atoms with E-state index >= 15 is 0 Å². The van der Waals surface area contributed by atoms with Gasteiger partial charge in [0.25, 0.3) is 7.44 Å². The molecule has 1 N–H and O–H groups in total. The van der Waals surface area contributed by atoms with Crippen LogP contribution in [0.5, 0.6) is 0 Å². The fraction of sp³-hybridized carbons (Fsp3) is 0.120. The Labute approximate surface area is 202 Å². The van der Waals surface area contributed by atoms with Crippen LogP contribution in [0.1, 0.15) is 16.8 Å². The number of aryl methyl sites for hydroxylation is 2. The third-order valence-corrected chi connectivity index (χ3v) is 8.94. The van der Waals surface area contributed by atoms with Gasteiger partial charge < -0.3 is 5.09 Å². The number of halogens is 2. The number of para-hydroxylation sites is 1. The summed E-state index contributed by atoms with van der Waals surface area (Å²) in [7, 11) is -1.79. The van der Waals surface area contributed by atoms with Crippen molar-refractivity contribution in [2.24, 2.45) is 4.99 Å². The lowest BCUT2D eigenvalue weighted by Crippen LogP contribution is -2.36. The predicted octanol–water partition coefficient (Wildman–Crippen LogP) is 6.24. The minimum atomic E-state index is -3.51. The molecule has 0 amide bonds. The summed E-state index contributed by atoms with van der Waals surface area (Å²) >= 11 is 6.35. The van der Waals surface area contributed by atoms with E-state index in [0.717, 1.165) is 11.3 Å². The third-order valence-electron chi connectivity index (χ3n) is 5.80. The maximum Gasteiger partial charge on any atom is 0.296 e. The lowest BCUT2D eigenvalue weighted by molar-refractivity contribution is 0.553. The molecule has 2 heterocycles.